The molecule has 0 amide bonds. The summed E-state index contributed by atoms with van der Waals surface area (Å²) >= 11 is 0. The maximum Gasteiger partial charge on any atom is 0.359 e. The van der Waals surface area contributed by atoms with Crippen molar-refractivity contribution in [1.82, 2.24) is 9.97 Å². The van der Waals surface area contributed by atoms with Crippen LogP contribution in [0.2, 0.25) is 0 Å². The lowest BCUT2D eigenvalue weighted by molar-refractivity contribution is -0.230. The van der Waals surface area contributed by atoms with Crippen LogP contribution in [0.1, 0.15) is 53.3 Å². The molecule has 7 rings (SSSR count). The standard InChI is InChI=1S/C23H22N2O10/c1-8-9(2)25-14(10(3)24-8)16(27)33-15-17(28)34-19-20(15)5-4-11-21(20)6-12-22(30,7-13(26)31-12)23(21,35-19)18(29)32-11/h11-12,15,19,30H,4-7H2,1-3H3/t11?,12?,15?,19?,20?,21?,22-,23-/m1/s1. The Bertz CT molecular complexity index is 1280. The quantitative estimate of drug-likeness (QED) is 0.431. The van der Waals surface area contributed by atoms with Crippen LogP contribution in [-0.4, -0.2) is 74.8 Å². The summed E-state index contributed by atoms with van der Waals surface area (Å²) in [6.07, 6.45) is -4.30. The molecule has 12 heteroatoms. The number of aromatic nitrogens is 2. The Morgan fingerprint density at radius 2 is 1.77 bits per heavy atom. The lowest BCUT2D eigenvalue weighted by Crippen LogP contribution is -2.63. The van der Waals surface area contributed by atoms with E-state index in [2.05, 4.69) is 9.97 Å². The molecule has 6 unspecified atom stereocenters. The average molecular weight is 486 g/mol. The Balaban J connectivity index is 1.35. The van der Waals surface area contributed by atoms with Crippen LogP contribution in [0.25, 0.3) is 0 Å². The molecular weight excluding hydrogens is 464 g/mol. The molecule has 1 aromatic heterocycles. The summed E-state index contributed by atoms with van der Waals surface area (Å²) in [5.74, 6) is -3.16. The van der Waals surface area contributed by atoms with E-state index in [1.165, 1.54) is 0 Å². The Morgan fingerprint density at radius 1 is 1.03 bits per heavy atom. The molecular formula is C23H22N2O10. The van der Waals surface area contributed by atoms with Crippen LogP contribution >= 0.6 is 0 Å². The van der Waals surface area contributed by atoms with Crippen LogP contribution in [0.3, 0.4) is 0 Å². The molecule has 2 saturated carbocycles. The van der Waals surface area contributed by atoms with E-state index in [9.17, 15) is 24.3 Å². The zero-order valence-electron chi connectivity index (χ0n) is 19.2. The van der Waals surface area contributed by atoms with Crippen molar-refractivity contribution in [3.05, 3.63) is 22.8 Å². The number of fused-ring (bicyclic) bond motifs is 1. The van der Waals surface area contributed by atoms with Crippen molar-refractivity contribution in [3.8, 4) is 0 Å². The summed E-state index contributed by atoms with van der Waals surface area (Å²) in [5, 5.41) is 11.7. The molecule has 6 aliphatic rings. The number of aliphatic hydroxyl groups is 1. The summed E-state index contributed by atoms with van der Waals surface area (Å²) in [4.78, 5) is 60.4. The highest BCUT2D eigenvalue weighted by Crippen LogP contribution is 2.82. The second-order valence-electron chi connectivity index (χ2n) is 10.4. The Hall–Kier alpha value is -3.12. The van der Waals surface area contributed by atoms with Crippen molar-refractivity contribution >= 4 is 23.9 Å². The number of hydrogen-bond acceptors (Lipinski definition) is 12. The number of rotatable bonds is 2. The molecule has 1 N–H and O–H groups in total. The molecule has 2 spiro atoms. The van der Waals surface area contributed by atoms with Gasteiger partial charge in [-0.05, 0) is 33.6 Å². The van der Waals surface area contributed by atoms with Gasteiger partial charge >= 0.3 is 23.9 Å². The number of esters is 4. The third kappa shape index (κ3) is 1.95. The van der Waals surface area contributed by atoms with Crippen LogP contribution in [0, 0.1) is 31.6 Å². The topological polar surface area (TPSA) is 160 Å². The van der Waals surface area contributed by atoms with Crippen LogP contribution < -0.4 is 0 Å². The SMILES string of the molecule is Cc1nc(C)c(C(=O)OC2C(=O)OC3O[C@]45C(=O)OC6CCC32C64CC2OC(=O)C[C@@]25O)nc1C. The molecule has 184 valence electrons. The molecule has 0 bridgehead atoms. The van der Waals surface area contributed by atoms with Gasteiger partial charge in [0.15, 0.2) is 11.3 Å². The van der Waals surface area contributed by atoms with Gasteiger partial charge in [0.05, 0.1) is 34.3 Å². The zero-order chi connectivity index (χ0) is 24.7. The summed E-state index contributed by atoms with van der Waals surface area (Å²) < 4.78 is 28.5. The van der Waals surface area contributed by atoms with Gasteiger partial charge in [0.2, 0.25) is 18.0 Å². The van der Waals surface area contributed by atoms with Gasteiger partial charge in [-0.1, -0.05) is 0 Å². The van der Waals surface area contributed by atoms with E-state index in [0.717, 1.165) is 0 Å². The molecule has 4 aliphatic heterocycles. The van der Waals surface area contributed by atoms with E-state index in [1.54, 1.807) is 20.8 Å². The van der Waals surface area contributed by atoms with E-state index in [-0.39, 0.29) is 18.5 Å². The van der Waals surface area contributed by atoms with Crippen molar-refractivity contribution in [3.63, 3.8) is 0 Å². The van der Waals surface area contributed by atoms with Gasteiger partial charge in [-0.3, -0.25) is 9.78 Å². The third-order valence-corrected chi connectivity index (χ3v) is 9.21. The minimum Gasteiger partial charge on any atom is -0.459 e. The first-order valence-corrected chi connectivity index (χ1v) is 11.6. The maximum atomic E-state index is 13.3. The van der Waals surface area contributed by atoms with Gasteiger partial charge in [-0.25, -0.2) is 19.4 Å². The highest BCUT2D eigenvalue weighted by atomic mass is 16.8. The highest BCUT2D eigenvalue weighted by molar-refractivity contribution is 5.94. The molecule has 0 aromatic carbocycles. The minimum absolute atomic E-state index is 0.00924. The summed E-state index contributed by atoms with van der Waals surface area (Å²) in [6.45, 7) is 5.09. The molecule has 12 nitrogen and oxygen atoms in total. The van der Waals surface area contributed by atoms with E-state index in [1.807, 2.05) is 0 Å². The van der Waals surface area contributed by atoms with Crippen LogP contribution in [0.15, 0.2) is 0 Å². The van der Waals surface area contributed by atoms with E-state index >= 15 is 0 Å². The number of carbonyl (C=O) groups excluding carboxylic acids is 4. The highest BCUT2D eigenvalue weighted by Gasteiger charge is 2.99. The van der Waals surface area contributed by atoms with E-state index in [0.29, 0.717) is 23.5 Å². The van der Waals surface area contributed by atoms with Gasteiger partial charge in [-0.2, -0.15) is 0 Å². The maximum absolute atomic E-state index is 13.3. The smallest absolute Gasteiger partial charge is 0.359 e. The number of aryl methyl sites for hydroxylation is 3. The van der Waals surface area contributed by atoms with Gasteiger partial charge in [-0.15, -0.1) is 0 Å². The fourth-order valence-corrected chi connectivity index (χ4v) is 7.83. The van der Waals surface area contributed by atoms with Crippen molar-refractivity contribution in [2.24, 2.45) is 10.8 Å². The van der Waals surface area contributed by atoms with Crippen molar-refractivity contribution in [1.29, 1.82) is 0 Å². The Morgan fingerprint density at radius 3 is 2.54 bits per heavy atom. The number of ether oxygens (including phenoxy) is 5. The van der Waals surface area contributed by atoms with Crippen molar-refractivity contribution in [2.75, 3.05) is 0 Å². The first-order chi connectivity index (χ1) is 16.5. The second-order valence-corrected chi connectivity index (χ2v) is 10.4. The molecule has 35 heavy (non-hydrogen) atoms. The summed E-state index contributed by atoms with van der Waals surface area (Å²) in [5.41, 5.74) is -5.07. The fourth-order valence-electron chi connectivity index (χ4n) is 7.83. The number of carbonyl (C=O) groups is 4. The van der Waals surface area contributed by atoms with E-state index in [4.69, 9.17) is 23.7 Å². The lowest BCUT2D eigenvalue weighted by Gasteiger charge is -2.41. The van der Waals surface area contributed by atoms with Crippen LogP contribution in [0.4, 0.5) is 0 Å². The Labute approximate surface area is 198 Å². The van der Waals surface area contributed by atoms with Crippen LogP contribution in [0.5, 0.6) is 0 Å². The molecule has 6 fully saturated rings. The second kappa shape index (κ2) is 5.98. The molecule has 8 atom stereocenters. The third-order valence-electron chi connectivity index (χ3n) is 9.21. The summed E-state index contributed by atoms with van der Waals surface area (Å²) in [6, 6.07) is 0. The van der Waals surface area contributed by atoms with Gasteiger partial charge < -0.3 is 28.8 Å². The first-order valence-electron chi connectivity index (χ1n) is 11.6. The normalized spacial score (nSPS) is 46.0. The predicted molar refractivity (Wildman–Crippen MR) is 107 cm³/mol. The zero-order valence-corrected chi connectivity index (χ0v) is 19.2. The van der Waals surface area contributed by atoms with Crippen molar-refractivity contribution < 1.29 is 48.0 Å². The van der Waals surface area contributed by atoms with Gasteiger partial charge in [0.25, 0.3) is 0 Å². The Kier molecular flexibility index (Phi) is 3.62. The number of hydrogen-bond donors (Lipinski definition) is 1. The monoisotopic (exact) mass is 486 g/mol. The molecule has 2 aliphatic carbocycles. The minimum atomic E-state index is -1.99. The lowest BCUT2D eigenvalue weighted by atomic mass is 9.57. The van der Waals surface area contributed by atoms with Gasteiger partial charge in [0, 0.05) is 6.42 Å². The van der Waals surface area contributed by atoms with E-state index < -0.39 is 76.9 Å². The average Bonchev–Trinajstić information content (AvgIpc) is 3.50. The molecule has 5 heterocycles. The van der Waals surface area contributed by atoms with Crippen LogP contribution in [-0.2, 0) is 38.1 Å². The van der Waals surface area contributed by atoms with Gasteiger partial charge in [0.1, 0.15) is 12.2 Å². The first kappa shape index (κ1) is 21.2. The number of nitrogens with zero attached hydrogens (tertiary/aromatic N) is 2. The largest absolute Gasteiger partial charge is 0.459 e. The summed E-state index contributed by atoms with van der Waals surface area (Å²) in [7, 11) is 0. The van der Waals surface area contributed by atoms with Crippen molar-refractivity contribution in [2.45, 2.75) is 82.3 Å². The predicted octanol–water partition coefficient (Wildman–Crippen LogP) is -0.279. The molecule has 4 saturated heterocycles. The molecule has 0 radical (unpaired) electrons. The fraction of sp³-hybridized carbons (Fsp3) is 0.652. The molecule has 1 aromatic rings.